The molecule has 1 atom stereocenters. The summed E-state index contributed by atoms with van der Waals surface area (Å²) in [6, 6.07) is 1.90. The molecule has 0 saturated carbocycles. The van der Waals surface area contributed by atoms with E-state index in [1.807, 2.05) is 18.4 Å². The molecule has 0 aromatic carbocycles. The molecule has 0 aliphatic heterocycles. The van der Waals surface area contributed by atoms with E-state index in [2.05, 4.69) is 15.9 Å². The molecule has 0 aliphatic rings. The lowest BCUT2D eigenvalue weighted by Gasteiger charge is -2.28. The average Bonchev–Trinajstić information content (AvgIpc) is 2.76. The monoisotopic (exact) mass is 335 g/mol. The van der Waals surface area contributed by atoms with Crippen LogP contribution in [-0.2, 0) is 9.47 Å². The van der Waals surface area contributed by atoms with Crippen molar-refractivity contribution in [1.29, 1.82) is 0 Å². The molecule has 1 rings (SSSR count). The fourth-order valence-corrected chi connectivity index (χ4v) is 3.12. The molecule has 0 aliphatic carbocycles. The second-order valence-electron chi connectivity index (χ2n) is 3.89. The smallest absolute Gasteiger partial charge is 0.265 e. The van der Waals surface area contributed by atoms with Gasteiger partial charge in [0, 0.05) is 25.2 Å². The minimum Gasteiger partial charge on any atom is -0.383 e. The predicted molar refractivity (Wildman–Crippen MR) is 76.3 cm³/mol. The zero-order chi connectivity index (χ0) is 13.5. The normalized spacial score (nSPS) is 12.4. The summed E-state index contributed by atoms with van der Waals surface area (Å²) in [6.07, 6.45) is 0. The number of methoxy groups -OCH3 is 2. The molecule has 0 spiro atoms. The Hall–Kier alpha value is -0.430. The summed E-state index contributed by atoms with van der Waals surface area (Å²) in [5.41, 5.74) is 0. The van der Waals surface area contributed by atoms with Crippen molar-refractivity contribution in [2.75, 3.05) is 34.0 Å². The molecule has 4 nitrogen and oxygen atoms in total. The Balaban J connectivity index is 2.81. The first-order chi connectivity index (χ1) is 8.61. The van der Waals surface area contributed by atoms with Crippen molar-refractivity contribution < 1.29 is 14.3 Å². The Morgan fingerprint density at radius 1 is 1.50 bits per heavy atom. The number of hydrogen-bond donors (Lipinski definition) is 0. The SMILES string of the molecule is COCCN(C(=O)c1sccc1Br)C(C)COC. The van der Waals surface area contributed by atoms with Crippen LogP contribution in [0.1, 0.15) is 16.6 Å². The van der Waals surface area contributed by atoms with Crippen LogP contribution in [0.3, 0.4) is 0 Å². The highest BCUT2D eigenvalue weighted by Crippen LogP contribution is 2.24. The van der Waals surface area contributed by atoms with Crippen molar-refractivity contribution in [3.05, 3.63) is 20.8 Å². The number of carbonyl (C=O) groups is 1. The molecule has 102 valence electrons. The Bertz CT molecular complexity index is 383. The van der Waals surface area contributed by atoms with Crippen LogP contribution in [0.25, 0.3) is 0 Å². The van der Waals surface area contributed by atoms with Gasteiger partial charge in [0.15, 0.2) is 0 Å². The predicted octanol–water partition coefficient (Wildman–Crippen LogP) is 2.63. The number of rotatable bonds is 7. The van der Waals surface area contributed by atoms with E-state index in [0.717, 1.165) is 4.47 Å². The summed E-state index contributed by atoms with van der Waals surface area (Å²) >= 11 is 4.83. The second-order valence-corrected chi connectivity index (χ2v) is 5.66. The number of halogens is 1. The highest BCUT2D eigenvalue weighted by molar-refractivity contribution is 9.10. The van der Waals surface area contributed by atoms with Gasteiger partial charge in [0.2, 0.25) is 0 Å². The van der Waals surface area contributed by atoms with Crippen LogP contribution in [-0.4, -0.2) is 50.8 Å². The molecule has 1 unspecified atom stereocenters. The van der Waals surface area contributed by atoms with E-state index in [-0.39, 0.29) is 11.9 Å². The average molecular weight is 336 g/mol. The maximum atomic E-state index is 12.4. The van der Waals surface area contributed by atoms with Crippen LogP contribution >= 0.6 is 27.3 Å². The van der Waals surface area contributed by atoms with E-state index < -0.39 is 0 Å². The number of hydrogen-bond acceptors (Lipinski definition) is 4. The molecule has 1 amide bonds. The minimum absolute atomic E-state index is 0.0125. The van der Waals surface area contributed by atoms with Crippen molar-refractivity contribution in [2.24, 2.45) is 0 Å². The first-order valence-corrected chi connectivity index (χ1v) is 7.31. The maximum absolute atomic E-state index is 12.4. The lowest BCUT2D eigenvalue weighted by molar-refractivity contribution is 0.0483. The van der Waals surface area contributed by atoms with Gasteiger partial charge in [0.1, 0.15) is 4.88 Å². The van der Waals surface area contributed by atoms with Crippen molar-refractivity contribution in [3.8, 4) is 0 Å². The highest BCUT2D eigenvalue weighted by atomic mass is 79.9. The van der Waals surface area contributed by atoms with Gasteiger partial charge >= 0.3 is 0 Å². The third kappa shape index (κ3) is 4.05. The van der Waals surface area contributed by atoms with Gasteiger partial charge < -0.3 is 14.4 Å². The van der Waals surface area contributed by atoms with Crippen molar-refractivity contribution in [2.45, 2.75) is 13.0 Å². The molecule has 18 heavy (non-hydrogen) atoms. The molecular formula is C12H18BrNO3S. The van der Waals surface area contributed by atoms with Crippen LogP contribution in [0, 0.1) is 0 Å². The van der Waals surface area contributed by atoms with Crippen molar-refractivity contribution in [1.82, 2.24) is 4.90 Å². The van der Waals surface area contributed by atoms with Crippen molar-refractivity contribution >= 4 is 33.2 Å². The first-order valence-electron chi connectivity index (χ1n) is 5.63. The number of nitrogens with zero attached hydrogens (tertiary/aromatic N) is 1. The lowest BCUT2D eigenvalue weighted by Crippen LogP contribution is -2.42. The molecule has 0 N–H and O–H groups in total. The lowest BCUT2D eigenvalue weighted by atomic mass is 10.2. The Morgan fingerprint density at radius 2 is 2.22 bits per heavy atom. The number of thiophene rings is 1. The van der Waals surface area contributed by atoms with Crippen LogP contribution in [0.2, 0.25) is 0 Å². The quantitative estimate of drug-likeness (QED) is 0.768. The maximum Gasteiger partial charge on any atom is 0.265 e. The molecule has 0 bridgehead atoms. The topological polar surface area (TPSA) is 38.8 Å². The van der Waals surface area contributed by atoms with E-state index in [0.29, 0.717) is 24.6 Å². The van der Waals surface area contributed by atoms with E-state index in [1.54, 1.807) is 19.1 Å². The fourth-order valence-electron chi connectivity index (χ4n) is 1.62. The molecule has 1 aromatic rings. The zero-order valence-electron chi connectivity index (χ0n) is 10.8. The third-order valence-electron chi connectivity index (χ3n) is 2.55. The van der Waals surface area contributed by atoms with Crippen LogP contribution in [0.4, 0.5) is 0 Å². The van der Waals surface area contributed by atoms with Gasteiger partial charge in [-0.2, -0.15) is 0 Å². The molecule has 1 heterocycles. The number of amides is 1. The Labute approximate surface area is 120 Å². The van der Waals surface area contributed by atoms with Gasteiger partial charge in [0.25, 0.3) is 5.91 Å². The summed E-state index contributed by atoms with van der Waals surface area (Å²) in [4.78, 5) is 14.9. The van der Waals surface area contributed by atoms with E-state index >= 15 is 0 Å². The van der Waals surface area contributed by atoms with E-state index in [1.165, 1.54) is 11.3 Å². The van der Waals surface area contributed by atoms with Gasteiger partial charge in [-0.25, -0.2) is 0 Å². The largest absolute Gasteiger partial charge is 0.383 e. The zero-order valence-corrected chi connectivity index (χ0v) is 13.2. The van der Waals surface area contributed by atoms with Gasteiger partial charge in [-0.3, -0.25) is 4.79 Å². The van der Waals surface area contributed by atoms with Crippen LogP contribution in [0.15, 0.2) is 15.9 Å². The van der Waals surface area contributed by atoms with Gasteiger partial charge in [-0.05, 0) is 34.3 Å². The first kappa shape index (κ1) is 15.6. The molecule has 6 heteroatoms. The summed E-state index contributed by atoms with van der Waals surface area (Å²) in [6.45, 7) is 3.56. The van der Waals surface area contributed by atoms with Gasteiger partial charge in [-0.1, -0.05) is 0 Å². The summed E-state index contributed by atoms with van der Waals surface area (Å²) in [7, 11) is 3.27. The highest BCUT2D eigenvalue weighted by Gasteiger charge is 2.23. The number of carbonyl (C=O) groups excluding carboxylic acids is 1. The number of ether oxygens (including phenoxy) is 2. The summed E-state index contributed by atoms with van der Waals surface area (Å²) in [5, 5.41) is 1.90. The van der Waals surface area contributed by atoms with Gasteiger partial charge in [-0.15, -0.1) is 11.3 Å². The fraction of sp³-hybridized carbons (Fsp3) is 0.583. The molecule has 0 fully saturated rings. The molecule has 0 radical (unpaired) electrons. The molecule has 0 saturated heterocycles. The molecule has 1 aromatic heterocycles. The Kier molecular flexibility index (Phi) is 6.85. The summed E-state index contributed by atoms with van der Waals surface area (Å²) < 4.78 is 11.0. The van der Waals surface area contributed by atoms with Crippen LogP contribution in [0.5, 0.6) is 0 Å². The Morgan fingerprint density at radius 3 is 2.72 bits per heavy atom. The second kappa shape index (κ2) is 7.89. The minimum atomic E-state index is 0.0125. The van der Waals surface area contributed by atoms with E-state index in [4.69, 9.17) is 9.47 Å². The third-order valence-corrected chi connectivity index (χ3v) is 4.37. The summed E-state index contributed by atoms with van der Waals surface area (Å²) in [5.74, 6) is 0.0125. The van der Waals surface area contributed by atoms with Crippen LogP contribution < -0.4 is 0 Å². The van der Waals surface area contributed by atoms with Gasteiger partial charge in [0.05, 0.1) is 19.3 Å². The van der Waals surface area contributed by atoms with Crippen molar-refractivity contribution in [3.63, 3.8) is 0 Å². The molecular weight excluding hydrogens is 318 g/mol. The van der Waals surface area contributed by atoms with E-state index in [9.17, 15) is 4.79 Å². The standard InChI is InChI=1S/C12H18BrNO3S/c1-9(8-17-3)14(5-6-16-2)12(15)11-10(13)4-7-18-11/h4,7,9H,5-6,8H2,1-3H3.